The molecule has 0 aliphatic rings. The first-order valence-electron chi connectivity index (χ1n) is 5.46. The number of amides is 1. The van der Waals surface area contributed by atoms with E-state index >= 15 is 0 Å². The molecule has 1 rings (SSSR count). The highest BCUT2D eigenvalue weighted by atomic mass is 19.1. The Morgan fingerprint density at radius 2 is 2.06 bits per heavy atom. The number of hydrogen-bond donors (Lipinski definition) is 1. The monoisotopic (exact) mass is 239 g/mol. The van der Waals surface area contributed by atoms with Crippen LogP contribution in [-0.2, 0) is 4.79 Å². The van der Waals surface area contributed by atoms with Crippen molar-refractivity contribution in [2.24, 2.45) is 0 Å². The number of nitrogen functional groups attached to an aromatic ring is 1. The molecular formula is C12H18FN3O. The van der Waals surface area contributed by atoms with Gasteiger partial charge in [0.1, 0.15) is 5.82 Å². The minimum absolute atomic E-state index is 0.0458. The molecule has 0 fully saturated rings. The number of rotatable bonds is 4. The van der Waals surface area contributed by atoms with Crippen LogP contribution in [0.4, 0.5) is 15.8 Å². The first-order valence-corrected chi connectivity index (χ1v) is 5.46. The van der Waals surface area contributed by atoms with Gasteiger partial charge in [-0.15, -0.1) is 0 Å². The highest BCUT2D eigenvalue weighted by Gasteiger charge is 2.15. The lowest BCUT2D eigenvalue weighted by molar-refractivity contribution is -0.127. The predicted octanol–water partition coefficient (Wildman–Crippen LogP) is 1.32. The summed E-state index contributed by atoms with van der Waals surface area (Å²) in [5.74, 6) is -0.506. The molecule has 2 N–H and O–H groups in total. The average molecular weight is 239 g/mol. The molecule has 0 aromatic heterocycles. The van der Waals surface area contributed by atoms with Gasteiger partial charge in [0.2, 0.25) is 5.91 Å². The number of halogens is 1. The summed E-state index contributed by atoms with van der Waals surface area (Å²) in [6, 6.07) is 4.61. The quantitative estimate of drug-likeness (QED) is 0.806. The van der Waals surface area contributed by atoms with Gasteiger partial charge in [0.15, 0.2) is 0 Å². The summed E-state index contributed by atoms with van der Waals surface area (Å²) < 4.78 is 13.3. The van der Waals surface area contributed by atoms with Crippen LogP contribution in [0, 0.1) is 5.82 Å². The fourth-order valence-corrected chi connectivity index (χ4v) is 1.47. The molecule has 17 heavy (non-hydrogen) atoms. The Labute approximate surface area is 101 Å². The number of anilines is 2. The molecule has 4 nitrogen and oxygen atoms in total. The van der Waals surface area contributed by atoms with Crippen molar-refractivity contribution in [2.75, 3.05) is 37.8 Å². The second kappa shape index (κ2) is 5.52. The van der Waals surface area contributed by atoms with Crippen molar-refractivity contribution in [1.29, 1.82) is 0 Å². The largest absolute Gasteiger partial charge is 0.395 e. The zero-order chi connectivity index (χ0) is 13.0. The first-order chi connectivity index (χ1) is 7.97. The van der Waals surface area contributed by atoms with E-state index in [1.807, 2.05) is 6.92 Å². The van der Waals surface area contributed by atoms with Gasteiger partial charge in [-0.05, 0) is 19.1 Å². The van der Waals surface area contributed by atoms with Crippen molar-refractivity contribution in [2.45, 2.75) is 6.92 Å². The average Bonchev–Trinajstić information content (AvgIpc) is 2.29. The Morgan fingerprint density at radius 3 is 2.59 bits per heavy atom. The van der Waals surface area contributed by atoms with E-state index in [1.165, 1.54) is 11.0 Å². The SMILES string of the molecule is CCN(CC(=O)N(C)C)c1cccc(F)c1N. The first kappa shape index (κ1) is 13.3. The van der Waals surface area contributed by atoms with Crippen molar-refractivity contribution in [3.8, 4) is 0 Å². The van der Waals surface area contributed by atoms with Gasteiger partial charge >= 0.3 is 0 Å². The van der Waals surface area contributed by atoms with Gasteiger partial charge in [-0.1, -0.05) is 6.07 Å². The van der Waals surface area contributed by atoms with Gasteiger partial charge in [0, 0.05) is 20.6 Å². The summed E-state index contributed by atoms with van der Waals surface area (Å²) in [6.45, 7) is 2.68. The van der Waals surface area contributed by atoms with Crippen LogP contribution in [0.15, 0.2) is 18.2 Å². The molecular weight excluding hydrogens is 221 g/mol. The smallest absolute Gasteiger partial charge is 0.241 e. The number of likely N-dealkylation sites (N-methyl/N-ethyl adjacent to an activating group) is 2. The number of carbonyl (C=O) groups is 1. The highest BCUT2D eigenvalue weighted by Crippen LogP contribution is 2.25. The molecule has 0 atom stereocenters. The third-order valence-corrected chi connectivity index (χ3v) is 2.58. The maximum Gasteiger partial charge on any atom is 0.241 e. The van der Waals surface area contributed by atoms with Crippen LogP contribution in [0.1, 0.15) is 6.92 Å². The maximum atomic E-state index is 13.3. The molecule has 0 bridgehead atoms. The van der Waals surface area contributed by atoms with E-state index in [0.717, 1.165) is 0 Å². The summed E-state index contributed by atoms with van der Waals surface area (Å²) in [4.78, 5) is 14.9. The van der Waals surface area contributed by atoms with Crippen molar-refractivity contribution in [3.05, 3.63) is 24.0 Å². The molecule has 0 saturated heterocycles. The molecule has 1 aromatic rings. The van der Waals surface area contributed by atoms with Gasteiger partial charge in [0.25, 0.3) is 0 Å². The van der Waals surface area contributed by atoms with Gasteiger partial charge in [-0.25, -0.2) is 4.39 Å². The molecule has 1 aromatic carbocycles. The van der Waals surface area contributed by atoms with Crippen LogP contribution in [0.5, 0.6) is 0 Å². The zero-order valence-corrected chi connectivity index (χ0v) is 10.4. The molecule has 0 aliphatic heterocycles. The van der Waals surface area contributed by atoms with Crippen LogP contribution >= 0.6 is 0 Å². The third-order valence-electron chi connectivity index (χ3n) is 2.58. The van der Waals surface area contributed by atoms with Crippen LogP contribution in [0.25, 0.3) is 0 Å². The normalized spacial score (nSPS) is 10.1. The Balaban J connectivity index is 2.94. The lowest BCUT2D eigenvalue weighted by Gasteiger charge is -2.25. The fourth-order valence-electron chi connectivity index (χ4n) is 1.47. The number of nitrogens with two attached hydrogens (primary N) is 1. The van der Waals surface area contributed by atoms with Gasteiger partial charge in [0.05, 0.1) is 17.9 Å². The van der Waals surface area contributed by atoms with E-state index in [0.29, 0.717) is 12.2 Å². The lowest BCUT2D eigenvalue weighted by atomic mass is 10.2. The van der Waals surface area contributed by atoms with Gasteiger partial charge < -0.3 is 15.5 Å². The minimum Gasteiger partial charge on any atom is -0.395 e. The Bertz CT molecular complexity index is 407. The van der Waals surface area contributed by atoms with E-state index < -0.39 is 5.82 Å². The lowest BCUT2D eigenvalue weighted by Crippen LogP contribution is -2.37. The van der Waals surface area contributed by atoms with Crippen LogP contribution < -0.4 is 10.6 Å². The molecule has 0 heterocycles. The van der Waals surface area contributed by atoms with Gasteiger partial charge in [-0.2, -0.15) is 0 Å². The van der Waals surface area contributed by atoms with Crippen molar-refractivity contribution in [1.82, 2.24) is 4.90 Å². The van der Waals surface area contributed by atoms with Crippen LogP contribution in [0.2, 0.25) is 0 Å². The Morgan fingerprint density at radius 1 is 1.41 bits per heavy atom. The van der Waals surface area contributed by atoms with E-state index in [1.54, 1.807) is 31.1 Å². The van der Waals surface area contributed by atoms with Crippen LogP contribution in [0.3, 0.4) is 0 Å². The second-order valence-electron chi connectivity index (χ2n) is 3.97. The number of carbonyl (C=O) groups excluding carboxylic acids is 1. The summed E-state index contributed by atoms with van der Waals surface area (Å²) in [6.07, 6.45) is 0. The number of nitrogens with zero attached hydrogens (tertiary/aromatic N) is 2. The summed E-state index contributed by atoms with van der Waals surface area (Å²) >= 11 is 0. The summed E-state index contributed by atoms with van der Waals surface area (Å²) in [5, 5.41) is 0. The zero-order valence-electron chi connectivity index (χ0n) is 10.4. The van der Waals surface area contributed by atoms with Crippen molar-refractivity contribution in [3.63, 3.8) is 0 Å². The predicted molar refractivity (Wildman–Crippen MR) is 67.4 cm³/mol. The minimum atomic E-state index is -0.460. The van der Waals surface area contributed by atoms with Crippen molar-refractivity contribution < 1.29 is 9.18 Å². The van der Waals surface area contributed by atoms with E-state index in [-0.39, 0.29) is 18.1 Å². The molecule has 0 spiro atoms. The molecule has 0 unspecified atom stereocenters. The van der Waals surface area contributed by atoms with E-state index in [9.17, 15) is 9.18 Å². The molecule has 1 amide bonds. The Hall–Kier alpha value is -1.78. The second-order valence-corrected chi connectivity index (χ2v) is 3.97. The summed E-state index contributed by atoms with van der Waals surface area (Å²) in [7, 11) is 3.37. The number of hydrogen-bond acceptors (Lipinski definition) is 3. The highest BCUT2D eigenvalue weighted by molar-refractivity contribution is 5.82. The topological polar surface area (TPSA) is 49.6 Å². The molecule has 0 radical (unpaired) electrons. The number of para-hydroxylation sites is 1. The van der Waals surface area contributed by atoms with E-state index in [4.69, 9.17) is 5.73 Å². The van der Waals surface area contributed by atoms with Gasteiger partial charge in [-0.3, -0.25) is 4.79 Å². The molecule has 94 valence electrons. The van der Waals surface area contributed by atoms with Crippen LogP contribution in [-0.4, -0.2) is 38.0 Å². The summed E-state index contributed by atoms with van der Waals surface area (Å²) in [5.41, 5.74) is 6.31. The standard InChI is InChI=1S/C12H18FN3O/c1-4-16(8-11(17)15(2)3)10-7-5-6-9(13)12(10)14/h5-7H,4,8,14H2,1-3H3. The maximum absolute atomic E-state index is 13.3. The van der Waals surface area contributed by atoms with Crippen molar-refractivity contribution >= 4 is 17.3 Å². The Kier molecular flexibility index (Phi) is 4.31. The molecule has 5 heteroatoms. The molecule has 0 aliphatic carbocycles. The number of benzene rings is 1. The molecule has 0 saturated carbocycles. The van der Waals surface area contributed by atoms with E-state index in [2.05, 4.69) is 0 Å². The fraction of sp³-hybridized carbons (Fsp3) is 0.417. The third kappa shape index (κ3) is 3.09.